The number of amides is 3. The van der Waals surface area contributed by atoms with Crippen molar-refractivity contribution in [2.75, 3.05) is 6.54 Å². The highest BCUT2D eigenvalue weighted by atomic mass is 16.6. The van der Waals surface area contributed by atoms with Gasteiger partial charge in [-0.25, -0.2) is 4.79 Å². The standard InChI is InChI=1S/C26H40N4O4/c1-8-12-19(4)28-23(31)22(20-13-10-9-11-14-20)30(16-15-27)24(32)21(17-18(2)3)29-25(33)34-26(5,6)7/h9-11,13-14,18-19,21-22H,8,12,16-17H2,1-7H3,(H,28,31)(H,29,33). The molecule has 0 aliphatic rings. The highest BCUT2D eigenvalue weighted by Gasteiger charge is 2.36. The zero-order chi connectivity index (χ0) is 25.9. The molecule has 0 aliphatic carbocycles. The van der Waals surface area contributed by atoms with Crippen LogP contribution < -0.4 is 10.6 Å². The largest absolute Gasteiger partial charge is 0.444 e. The fraction of sp³-hybridized carbons (Fsp3) is 0.615. The number of carbonyl (C=O) groups is 3. The van der Waals surface area contributed by atoms with Gasteiger partial charge in [-0.2, -0.15) is 5.26 Å². The quantitative estimate of drug-likeness (QED) is 0.466. The summed E-state index contributed by atoms with van der Waals surface area (Å²) in [5.74, 6) is -0.800. The van der Waals surface area contributed by atoms with Crippen LogP contribution in [0, 0.1) is 17.2 Å². The number of nitriles is 1. The van der Waals surface area contributed by atoms with Crippen molar-refractivity contribution in [3.63, 3.8) is 0 Å². The van der Waals surface area contributed by atoms with Crippen molar-refractivity contribution in [1.29, 1.82) is 5.26 Å². The van der Waals surface area contributed by atoms with Crippen molar-refractivity contribution in [2.24, 2.45) is 5.92 Å². The Bertz CT molecular complexity index is 843. The van der Waals surface area contributed by atoms with Crippen LogP contribution >= 0.6 is 0 Å². The zero-order valence-corrected chi connectivity index (χ0v) is 21.6. The number of benzene rings is 1. The molecule has 0 aromatic heterocycles. The Labute approximate surface area is 204 Å². The number of nitrogens with zero attached hydrogens (tertiary/aromatic N) is 2. The predicted octanol–water partition coefficient (Wildman–Crippen LogP) is 4.32. The van der Waals surface area contributed by atoms with E-state index in [1.807, 2.05) is 39.8 Å². The molecular formula is C26H40N4O4. The van der Waals surface area contributed by atoms with Gasteiger partial charge in [0, 0.05) is 6.04 Å². The number of carbonyl (C=O) groups excluding carboxylic acids is 3. The van der Waals surface area contributed by atoms with Gasteiger partial charge in [0.05, 0.1) is 6.07 Å². The number of hydrogen-bond acceptors (Lipinski definition) is 5. The first-order valence-electron chi connectivity index (χ1n) is 11.9. The Kier molecular flexibility index (Phi) is 11.6. The minimum absolute atomic E-state index is 0.0707. The van der Waals surface area contributed by atoms with Crippen LogP contribution in [0.25, 0.3) is 0 Å². The third kappa shape index (κ3) is 9.82. The number of ether oxygens (including phenoxy) is 1. The van der Waals surface area contributed by atoms with Crippen LogP contribution in [0.15, 0.2) is 30.3 Å². The summed E-state index contributed by atoms with van der Waals surface area (Å²) in [6.07, 6.45) is 1.29. The molecule has 8 nitrogen and oxygen atoms in total. The van der Waals surface area contributed by atoms with Crippen molar-refractivity contribution < 1.29 is 19.1 Å². The van der Waals surface area contributed by atoms with Gasteiger partial charge in [0.1, 0.15) is 24.2 Å². The lowest BCUT2D eigenvalue weighted by molar-refractivity contribution is -0.142. The molecule has 0 aliphatic heterocycles. The number of rotatable bonds is 11. The summed E-state index contributed by atoms with van der Waals surface area (Å²) in [5.41, 5.74) is -0.142. The topological polar surface area (TPSA) is 112 Å². The van der Waals surface area contributed by atoms with E-state index < -0.39 is 29.7 Å². The monoisotopic (exact) mass is 472 g/mol. The maximum absolute atomic E-state index is 13.7. The summed E-state index contributed by atoms with van der Waals surface area (Å²) in [5, 5.41) is 15.2. The molecule has 0 radical (unpaired) electrons. The molecule has 188 valence electrons. The van der Waals surface area contributed by atoms with Gasteiger partial charge in [-0.1, -0.05) is 57.5 Å². The first-order valence-corrected chi connectivity index (χ1v) is 11.9. The SMILES string of the molecule is CCCC(C)NC(=O)C(c1ccccc1)N(CC#N)C(=O)C(CC(C)C)NC(=O)OC(C)(C)C. The second-order valence-electron chi connectivity index (χ2n) is 9.96. The van der Waals surface area contributed by atoms with Crippen LogP contribution in [0.5, 0.6) is 0 Å². The summed E-state index contributed by atoms with van der Waals surface area (Å²) < 4.78 is 5.35. The van der Waals surface area contributed by atoms with Gasteiger partial charge in [-0.05, 0) is 52.0 Å². The molecule has 0 spiro atoms. The zero-order valence-electron chi connectivity index (χ0n) is 21.6. The molecule has 3 unspecified atom stereocenters. The number of alkyl carbamates (subject to hydrolysis) is 1. The molecule has 1 rings (SSSR count). The van der Waals surface area contributed by atoms with Gasteiger partial charge in [-0.3, -0.25) is 9.59 Å². The van der Waals surface area contributed by atoms with Gasteiger partial charge in [-0.15, -0.1) is 0 Å². The van der Waals surface area contributed by atoms with Crippen LogP contribution in [-0.2, 0) is 14.3 Å². The summed E-state index contributed by atoms with van der Waals surface area (Å²) >= 11 is 0. The van der Waals surface area contributed by atoms with Gasteiger partial charge >= 0.3 is 6.09 Å². The average Bonchev–Trinajstić information content (AvgIpc) is 2.71. The van der Waals surface area contributed by atoms with Crippen molar-refractivity contribution >= 4 is 17.9 Å². The molecule has 0 fully saturated rings. The fourth-order valence-corrected chi connectivity index (χ4v) is 3.65. The third-order valence-corrected chi connectivity index (χ3v) is 5.01. The van der Waals surface area contributed by atoms with E-state index in [2.05, 4.69) is 10.6 Å². The molecule has 2 N–H and O–H groups in total. The number of hydrogen-bond donors (Lipinski definition) is 2. The summed E-state index contributed by atoms with van der Waals surface area (Å²) in [6.45, 7) is 12.7. The van der Waals surface area contributed by atoms with Gasteiger partial charge in [0.25, 0.3) is 0 Å². The van der Waals surface area contributed by atoms with Crippen LogP contribution in [0.1, 0.15) is 79.3 Å². The maximum atomic E-state index is 13.7. The van der Waals surface area contributed by atoms with E-state index in [1.165, 1.54) is 4.90 Å². The van der Waals surface area contributed by atoms with Gasteiger partial charge in [0.15, 0.2) is 0 Å². The highest BCUT2D eigenvalue weighted by molar-refractivity contribution is 5.92. The van der Waals surface area contributed by atoms with E-state index in [-0.39, 0.29) is 24.4 Å². The lowest BCUT2D eigenvalue weighted by atomic mass is 9.99. The molecule has 3 amide bonds. The minimum atomic E-state index is -1.01. The number of nitrogens with one attached hydrogen (secondary N) is 2. The molecule has 3 atom stereocenters. The molecule has 1 aromatic carbocycles. The van der Waals surface area contributed by atoms with Crippen molar-refractivity contribution in [3.05, 3.63) is 35.9 Å². The Morgan fingerprint density at radius 3 is 2.21 bits per heavy atom. The van der Waals surface area contributed by atoms with Crippen molar-refractivity contribution in [1.82, 2.24) is 15.5 Å². The van der Waals surface area contributed by atoms with E-state index in [9.17, 15) is 19.6 Å². The predicted molar refractivity (Wildman–Crippen MR) is 132 cm³/mol. The first-order chi connectivity index (χ1) is 15.9. The second kappa shape index (κ2) is 13.6. The van der Waals surface area contributed by atoms with Crippen LogP contribution in [0.4, 0.5) is 4.79 Å². The Morgan fingerprint density at radius 1 is 1.09 bits per heavy atom. The average molecular weight is 473 g/mol. The summed E-state index contributed by atoms with van der Waals surface area (Å²) in [7, 11) is 0. The fourth-order valence-electron chi connectivity index (χ4n) is 3.65. The molecule has 0 heterocycles. The van der Waals surface area contributed by atoms with E-state index >= 15 is 0 Å². The maximum Gasteiger partial charge on any atom is 0.408 e. The lowest BCUT2D eigenvalue weighted by Gasteiger charge is -2.34. The van der Waals surface area contributed by atoms with Crippen molar-refractivity contribution in [2.45, 2.75) is 91.5 Å². The normalized spacial score (nSPS) is 13.9. The van der Waals surface area contributed by atoms with Crippen LogP contribution in [0.2, 0.25) is 0 Å². The summed E-state index contributed by atoms with van der Waals surface area (Å²) in [4.78, 5) is 40.8. The Balaban J connectivity index is 3.36. The molecule has 0 saturated heterocycles. The van der Waals surface area contributed by atoms with E-state index in [0.29, 0.717) is 12.0 Å². The molecule has 34 heavy (non-hydrogen) atoms. The minimum Gasteiger partial charge on any atom is -0.444 e. The van der Waals surface area contributed by atoms with Crippen molar-refractivity contribution in [3.8, 4) is 6.07 Å². The molecule has 8 heteroatoms. The van der Waals surface area contributed by atoms with E-state index in [0.717, 1.165) is 12.8 Å². The van der Waals surface area contributed by atoms with Crippen LogP contribution in [0.3, 0.4) is 0 Å². The first kappa shape index (κ1) is 29.0. The third-order valence-electron chi connectivity index (χ3n) is 5.01. The van der Waals surface area contributed by atoms with E-state index in [4.69, 9.17) is 4.74 Å². The molecule has 0 saturated carbocycles. The van der Waals surface area contributed by atoms with Crippen LogP contribution in [-0.4, -0.2) is 47.0 Å². The summed E-state index contributed by atoms with van der Waals surface area (Å²) in [6, 6.07) is 8.86. The molecule has 0 bridgehead atoms. The molecular weight excluding hydrogens is 432 g/mol. The van der Waals surface area contributed by atoms with E-state index in [1.54, 1.807) is 45.0 Å². The van der Waals surface area contributed by atoms with Gasteiger partial charge < -0.3 is 20.3 Å². The second-order valence-corrected chi connectivity index (χ2v) is 9.96. The smallest absolute Gasteiger partial charge is 0.408 e. The Hall–Kier alpha value is -3.08. The van der Waals surface area contributed by atoms with Gasteiger partial charge in [0.2, 0.25) is 11.8 Å². The molecule has 1 aromatic rings. The highest BCUT2D eigenvalue weighted by Crippen LogP contribution is 2.24. The Morgan fingerprint density at radius 2 is 1.71 bits per heavy atom. The lowest BCUT2D eigenvalue weighted by Crippen LogP contribution is -2.54.